The summed E-state index contributed by atoms with van der Waals surface area (Å²) in [6.07, 6.45) is 12.2. The van der Waals surface area contributed by atoms with Gasteiger partial charge in [0.05, 0.1) is 36.5 Å². The van der Waals surface area contributed by atoms with Gasteiger partial charge in [-0.3, -0.25) is 41.7 Å². The number of allylic oxidation sites excluding steroid dienone is 6. The van der Waals surface area contributed by atoms with E-state index in [0.29, 0.717) is 117 Å². The predicted octanol–water partition coefficient (Wildman–Crippen LogP) is 8.34. The largest absolute Gasteiger partial charge is 0.490 e. The molecule has 0 saturated carbocycles. The molecular formula is C70H99N9O25P3S3+. The Bertz CT molecular complexity index is 4900. The van der Waals surface area contributed by atoms with Crippen molar-refractivity contribution in [2.75, 3.05) is 62.3 Å². The Kier molecular flexibility index (Phi) is 30.7. The van der Waals surface area contributed by atoms with Crippen molar-refractivity contribution >= 4 is 116 Å². The summed E-state index contributed by atoms with van der Waals surface area (Å²) in [5.41, 5.74) is 19.3. The van der Waals surface area contributed by atoms with Crippen molar-refractivity contribution < 1.29 is 114 Å². The maximum absolute atomic E-state index is 14.2. The normalized spacial score (nSPS) is 19.8. The van der Waals surface area contributed by atoms with Gasteiger partial charge in [0.15, 0.2) is 11.5 Å². The highest BCUT2D eigenvalue weighted by molar-refractivity contribution is 7.86. The van der Waals surface area contributed by atoms with Crippen LogP contribution in [-0.2, 0) is 91.7 Å². The molecular weight excluding hydrogens is 1560 g/mol. The molecule has 34 nitrogen and oxygen atoms in total. The summed E-state index contributed by atoms with van der Waals surface area (Å²) >= 11 is 0. The third-order valence-corrected chi connectivity index (χ3v) is 26.3. The quantitative estimate of drug-likeness (QED) is 0.00573. The Balaban J connectivity index is 0.846. The number of carbonyl (C=O) groups is 3. The molecule has 2 amide bonds. The first kappa shape index (κ1) is 88.9. The molecule has 110 heavy (non-hydrogen) atoms. The average Bonchev–Trinajstić information content (AvgIpc) is 1.56. The Morgan fingerprint density at radius 2 is 1.34 bits per heavy atom. The van der Waals surface area contributed by atoms with Crippen LogP contribution in [0.1, 0.15) is 154 Å². The van der Waals surface area contributed by atoms with Crippen LogP contribution in [0, 0.1) is 5.92 Å². The first-order valence-electron chi connectivity index (χ1n) is 36.0. The molecule has 3 aliphatic heterocycles. The van der Waals surface area contributed by atoms with E-state index in [9.17, 15) is 91.6 Å². The van der Waals surface area contributed by atoms with E-state index in [1.807, 2.05) is 68.7 Å². The van der Waals surface area contributed by atoms with Gasteiger partial charge in [-0.2, -0.15) is 43.4 Å². The Morgan fingerprint density at radius 1 is 0.718 bits per heavy atom. The minimum atomic E-state index is -5.84. The number of phosphoric acid groups is 3. The van der Waals surface area contributed by atoms with E-state index in [1.54, 1.807) is 36.4 Å². The molecule has 4 aromatic carbocycles. The minimum Gasteiger partial charge on any atom is -0.390 e. The third-order valence-electron chi connectivity index (χ3n) is 19.3. The lowest BCUT2D eigenvalue weighted by molar-refractivity contribution is -0.437. The molecule has 8 rings (SSSR count). The molecule has 606 valence electrons. The number of aliphatic hydroxyl groups is 1. The van der Waals surface area contributed by atoms with Crippen molar-refractivity contribution in [2.24, 2.45) is 17.4 Å². The number of hydrogen-bond acceptors (Lipinski definition) is 24. The van der Waals surface area contributed by atoms with Gasteiger partial charge >= 0.3 is 29.2 Å². The van der Waals surface area contributed by atoms with Crippen molar-refractivity contribution in [1.29, 1.82) is 0 Å². The number of benzene rings is 4. The van der Waals surface area contributed by atoms with E-state index in [0.717, 1.165) is 32.8 Å². The van der Waals surface area contributed by atoms with Gasteiger partial charge in [-0.05, 0) is 137 Å². The maximum Gasteiger partial charge on any atom is 0.490 e. The van der Waals surface area contributed by atoms with Crippen LogP contribution in [0.2, 0.25) is 0 Å². The second-order valence-corrected chi connectivity index (χ2v) is 37.2. The maximum atomic E-state index is 14.2. The zero-order valence-corrected chi connectivity index (χ0v) is 66.6. The van der Waals surface area contributed by atoms with Gasteiger partial charge in [0.25, 0.3) is 30.4 Å². The SMILES string of the molecule is CC1(C)C(/C=C/C=C/C=C2/N(CCCCCC(=O)NC(CCCCN)C(=O)CC(CCCCN)C(=O)NCCCCCCOP(=O)(O)OP(=O)(O)OP(=O)(O)OC[C@H]3O[C@@H](n4ccc(N)nc4=O)C[C@H]3O)c3ccc4c(S(=O)(=O)O)cccc4c3C2(C)C)=[N+](CCCS(=O)(=O)O)c2ccc3c(S(=O)(=O)O)cccc3c21. The highest BCUT2D eigenvalue weighted by atomic mass is 32.2. The number of unbranched alkanes of at least 4 members (excludes halogenated alkanes) is 7. The number of nitrogens with two attached hydrogens (primary N) is 3. The fourth-order valence-electron chi connectivity index (χ4n) is 14.2. The van der Waals surface area contributed by atoms with Gasteiger partial charge in [0.2, 0.25) is 17.5 Å². The molecule has 5 unspecified atom stereocenters. The lowest BCUT2D eigenvalue weighted by Crippen LogP contribution is -2.43. The molecule has 4 heterocycles. The number of anilines is 2. The number of nitrogen functional groups attached to an aromatic ring is 1. The molecule has 8 atom stereocenters. The van der Waals surface area contributed by atoms with Gasteiger partial charge in [-0.25, -0.2) is 18.5 Å². The first-order valence-corrected chi connectivity index (χ1v) is 45.0. The Labute approximate surface area is 638 Å². The van der Waals surface area contributed by atoms with Crippen LogP contribution >= 0.6 is 23.5 Å². The molecule has 15 N–H and O–H groups in total. The zero-order chi connectivity index (χ0) is 80.8. The fourth-order valence-corrected chi connectivity index (χ4v) is 19.7. The number of nitrogens with one attached hydrogen (secondary N) is 2. The predicted molar refractivity (Wildman–Crippen MR) is 410 cm³/mol. The lowest BCUT2D eigenvalue weighted by Gasteiger charge is -2.27. The number of Topliss-reactive ketones (excluding diaryl/α,β-unsaturated/α-hetero) is 1. The number of phosphoric ester groups is 2. The van der Waals surface area contributed by atoms with Gasteiger partial charge in [-0.15, -0.1) is 0 Å². The first-order chi connectivity index (χ1) is 51.6. The molecule has 1 aromatic heterocycles. The molecule has 0 aliphatic carbocycles. The van der Waals surface area contributed by atoms with E-state index in [1.165, 1.54) is 30.5 Å². The van der Waals surface area contributed by atoms with E-state index in [2.05, 4.69) is 33.7 Å². The van der Waals surface area contributed by atoms with Gasteiger partial charge in [0.1, 0.15) is 34.5 Å². The van der Waals surface area contributed by atoms with Crippen LogP contribution in [-0.4, -0.2) is 166 Å². The second kappa shape index (κ2) is 38.0. The monoisotopic (exact) mass is 1650 g/mol. The number of ether oxygens (including phenoxy) is 1. The summed E-state index contributed by atoms with van der Waals surface area (Å²) in [7, 11) is -30.3. The molecule has 1 saturated heterocycles. The van der Waals surface area contributed by atoms with E-state index in [-0.39, 0.29) is 84.8 Å². The van der Waals surface area contributed by atoms with E-state index < -0.39 is 120 Å². The lowest BCUT2D eigenvalue weighted by atomic mass is 9.79. The number of carbonyl (C=O) groups excluding carboxylic acids is 3. The van der Waals surface area contributed by atoms with Crippen LogP contribution < -0.4 is 38.4 Å². The van der Waals surface area contributed by atoms with Crippen LogP contribution in [0.3, 0.4) is 0 Å². The third kappa shape index (κ3) is 23.7. The fraction of sp³-hybridized carbons (Fsp3) is 0.514. The summed E-state index contributed by atoms with van der Waals surface area (Å²) in [6.45, 7) is 8.00. The highest BCUT2D eigenvalue weighted by Gasteiger charge is 2.48. The Morgan fingerprint density at radius 3 is 1.97 bits per heavy atom. The molecule has 1 fully saturated rings. The van der Waals surface area contributed by atoms with Crippen LogP contribution in [0.15, 0.2) is 124 Å². The van der Waals surface area contributed by atoms with E-state index in [4.69, 9.17) is 26.5 Å². The molecule has 5 aromatic rings. The molecule has 0 radical (unpaired) electrons. The number of aliphatic hydroxyl groups excluding tert-OH is 1. The van der Waals surface area contributed by atoms with Crippen molar-refractivity contribution in [3.05, 3.63) is 131 Å². The summed E-state index contributed by atoms with van der Waals surface area (Å²) in [5, 5.41) is 18.0. The van der Waals surface area contributed by atoms with Crippen LogP contribution in [0.4, 0.5) is 17.2 Å². The molecule has 0 spiro atoms. The van der Waals surface area contributed by atoms with Crippen molar-refractivity contribution in [1.82, 2.24) is 20.2 Å². The van der Waals surface area contributed by atoms with Crippen molar-refractivity contribution in [2.45, 2.75) is 182 Å². The summed E-state index contributed by atoms with van der Waals surface area (Å²) in [6, 6.07) is 16.5. The number of aromatic nitrogens is 2. The van der Waals surface area contributed by atoms with E-state index >= 15 is 0 Å². The number of hydrogen-bond donors (Lipinski definition) is 12. The Hall–Kier alpha value is -6.64. The van der Waals surface area contributed by atoms with Crippen LogP contribution in [0.25, 0.3) is 21.5 Å². The second-order valence-electron chi connectivity index (χ2n) is 28.2. The number of ketones is 1. The van der Waals surface area contributed by atoms with Crippen molar-refractivity contribution in [3.8, 4) is 0 Å². The number of amides is 2. The smallest absolute Gasteiger partial charge is 0.390 e. The summed E-state index contributed by atoms with van der Waals surface area (Å²) in [4.78, 5) is 89.4. The standard InChI is InChI=1S/C70H98N9O25P3S3/c1-69(2)60(28-9-7-10-29-61-70(3,4)66-51-24-20-27-59(110(97,98)99)49(51)32-34-54(66)78(61)40-21-43-108(91,92)93)77(53-33-31-48-50(65(53)69)23-19-26-58(48)109(94,95)96)39-17-8-11-30-63(82)75-52(25-13-15-37-72)55(80)44-47(22-12-14-36-71)67(83)74-38-16-5-6-18-42-100-105(85,86)103-107(89,90)104-106(87,88)101-46-57-56(81)45-64(102-57)79-41-35-62(73)76-68(79)84/h7,9-10,19-20,23-24,26-29,31-35,41,47,52,56-57,64,81H,5-6,8,11-18,21-22,25,30,36-40,42-46,71-72H2,1-4H3,(H9-,73,74,75,76,82,83,84,85,86,87,88,89,90,91,92,93,94,95,96,97,98,99)/p+1/t47?,52?,56-,57-,64-/m1/s1. The van der Waals surface area contributed by atoms with Crippen LogP contribution in [0.5, 0.6) is 0 Å². The number of nitrogens with zero attached hydrogens (tertiary/aromatic N) is 4. The number of rotatable bonds is 44. The average molecular weight is 1660 g/mol. The zero-order valence-electron chi connectivity index (χ0n) is 61.4. The topological polar surface area (TPSA) is 536 Å². The number of fused-ring (bicyclic) bond motifs is 6. The minimum absolute atomic E-state index is 0.0501. The van der Waals surface area contributed by atoms with Gasteiger partial charge in [-0.1, -0.05) is 88.1 Å². The molecule has 3 aliphatic rings. The van der Waals surface area contributed by atoms with Crippen molar-refractivity contribution in [3.63, 3.8) is 0 Å². The van der Waals surface area contributed by atoms with Gasteiger partial charge in [0, 0.05) is 96.2 Å². The summed E-state index contributed by atoms with van der Waals surface area (Å²) in [5.74, 6) is -2.43. The highest BCUT2D eigenvalue weighted by Crippen LogP contribution is 2.68. The summed E-state index contributed by atoms with van der Waals surface area (Å²) < 4.78 is 168. The molecule has 40 heteroatoms. The van der Waals surface area contributed by atoms with Gasteiger partial charge < -0.3 is 57.3 Å². The molecule has 0 bridgehead atoms.